The summed E-state index contributed by atoms with van der Waals surface area (Å²) in [5.41, 5.74) is 0. The first-order chi connectivity index (χ1) is 45.4. The summed E-state index contributed by atoms with van der Waals surface area (Å²) in [6, 6.07) is -2.53. The molecular weight excluding hydrogens is 1220 g/mol. The van der Waals surface area contributed by atoms with Gasteiger partial charge in [0.15, 0.2) is 12.6 Å². The molecule has 2 amide bonds. The molecule has 23 nitrogen and oxygen atoms in total. The van der Waals surface area contributed by atoms with Crippen molar-refractivity contribution in [2.45, 2.75) is 394 Å². The number of carbonyl (C=O) groups is 3. The van der Waals surface area contributed by atoms with Crippen molar-refractivity contribution in [1.29, 1.82) is 0 Å². The Morgan fingerprint density at radius 2 is 0.989 bits per heavy atom. The van der Waals surface area contributed by atoms with Crippen LogP contribution in [-0.4, -0.2) is 215 Å². The number of amides is 2. The minimum absolute atomic E-state index is 0.215. The fraction of sp³-hybridized carbons (Fsp3) is 0.930. The molecule has 3 heterocycles. The number of aliphatic hydroxyl groups is 11. The first-order valence-electron chi connectivity index (χ1n) is 37.0. The van der Waals surface area contributed by atoms with Gasteiger partial charge < -0.3 is 100 Å². The van der Waals surface area contributed by atoms with Crippen LogP contribution in [0, 0.1) is 0 Å². The van der Waals surface area contributed by atoms with Gasteiger partial charge >= 0.3 is 5.97 Å². The number of rotatable bonds is 57. The van der Waals surface area contributed by atoms with Crippen LogP contribution < -0.4 is 10.6 Å². The Bertz CT molecular complexity index is 1940. The normalized spacial score (nSPS) is 27.9. The van der Waals surface area contributed by atoms with Crippen molar-refractivity contribution >= 4 is 17.8 Å². The lowest BCUT2D eigenvalue weighted by molar-refractivity contribution is -0.386. The monoisotopic (exact) mass is 1350 g/mol. The van der Waals surface area contributed by atoms with Gasteiger partial charge in [-0.25, -0.2) is 4.79 Å². The summed E-state index contributed by atoms with van der Waals surface area (Å²) >= 11 is 0. The van der Waals surface area contributed by atoms with Crippen molar-refractivity contribution in [3.05, 3.63) is 12.2 Å². The highest BCUT2D eigenvalue weighted by Crippen LogP contribution is 2.39. The minimum atomic E-state index is -3.08. The van der Waals surface area contributed by atoms with E-state index < -0.39 is 148 Å². The molecule has 3 saturated heterocycles. The standard InChI is InChI=1S/C71H132N2O21/c1-4-6-8-10-12-14-16-18-20-22-24-25-26-27-28-30-32-34-36-38-40-42-44-53(78)52(73-58(81)45-43-41-39-37-35-33-31-29-23-21-19-17-15-13-11-9-7-5-2)50-89-68-63(85)62(84)65(57(49-76)91-68)92-69-64(86)67(61(83)56(48-75)90-69)94-71(70(87)88)46-54(79)59(72-51(3)77)66(93-71)60(82)55(80)47-74/h29,31,52-57,59-69,74-76,78-80,82-86H,4-28,30,32-50H2,1-3H3,(H,72,77)(H,73,81)(H,87,88)/b31-29-. The van der Waals surface area contributed by atoms with Crippen LogP contribution in [0.2, 0.25) is 0 Å². The lowest BCUT2D eigenvalue weighted by atomic mass is 9.88. The summed E-state index contributed by atoms with van der Waals surface area (Å²) in [5, 5.41) is 136. The number of nitrogens with one attached hydrogen (secondary N) is 2. The Morgan fingerprint density at radius 1 is 0.543 bits per heavy atom. The first kappa shape index (κ1) is 85.7. The molecule has 3 rings (SSSR count). The van der Waals surface area contributed by atoms with E-state index in [9.17, 15) is 75.7 Å². The summed E-state index contributed by atoms with van der Waals surface area (Å²) < 4.78 is 34.9. The highest BCUT2D eigenvalue weighted by atomic mass is 16.8. The summed E-state index contributed by atoms with van der Waals surface area (Å²) in [5.74, 6) is -6.10. The minimum Gasteiger partial charge on any atom is -0.477 e. The molecule has 0 aromatic rings. The lowest BCUT2D eigenvalue weighted by Crippen LogP contribution is -2.70. The molecule has 0 spiro atoms. The molecule has 94 heavy (non-hydrogen) atoms. The third kappa shape index (κ3) is 33.1. The van der Waals surface area contributed by atoms with Crippen molar-refractivity contribution in [2.24, 2.45) is 0 Å². The Kier molecular flexibility index (Phi) is 47.0. The van der Waals surface area contributed by atoms with Crippen molar-refractivity contribution < 1.29 is 104 Å². The number of carbonyl (C=O) groups excluding carboxylic acids is 2. The van der Waals surface area contributed by atoms with Gasteiger partial charge in [-0.2, -0.15) is 0 Å². The van der Waals surface area contributed by atoms with E-state index in [-0.39, 0.29) is 18.9 Å². The van der Waals surface area contributed by atoms with Crippen LogP contribution in [0.4, 0.5) is 0 Å². The van der Waals surface area contributed by atoms with Crippen LogP contribution >= 0.6 is 0 Å². The molecule has 18 unspecified atom stereocenters. The van der Waals surface area contributed by atoms with E-state index in [0.717, 1.165) is 71.1 Å². The van der Waals surface area contributed by atoms with Gasteiger partial charge in [-0.1, -0.05) is 238 Å². The smallest absolute Gasteiger partial charge is 0.364 e. The van der Waals surface area contributed by atoms with Gasteiger partial charge in [0.05, 0.1) is 50.7 Å². The van der Waals surface area contributed by atoms with Gasteiger partial charge in [-0.05, 0) is 38.5 Å². The molecule has 0 saturated carbocycles. The zero-order valence-corrected chi connectivity index (χ0v) is 57.8. The number of hydrogen-bond acceptors (Lipinski definition) is 20. The number of aliphatic carboxylic acids is 1. The van der Waals surface area contributed by atoms with Gasteiger partial charge in [0, 0.05) is 19.8 Å². The van der Waals surface area contributed by atoms with Crippen LogP contribution in [0.15, 0.2) is 12.2 Å². The Morgan fingerprint density at radius 3 is 1.44 bits per heavy atom. The highest BCUT2D eigenvalue weighted by Gasteiger charge is 2.60. The van der Waals surface area contributed by atoms with E-state index in [1.54, 1.807) is 0 Å². The topological polar surface area (TPSA) is 373 Å². The van der Waals surface area contributed by atoms with Gasteiger partial charge in [0.25, 0.3) is 5.79 Å². The number of hydrogen-bond donors (Lipinski definition) is 14. The molecule has 23 heteroatoms. The van der Waals surface area contributed by atoms with Crippen molar-refractivity contribution in [3.63, 3.8) is 0 Å². The third-order valence-electron chi connectivity index (χ3n) is 19.0. The summed E-state index contributed by atoms with van der Waals surface area (Å²) in [6.45, 7) is 2.23. The fourth-order valence-corrected chi connectivity index (χ4v) is 13.1. The number of unbranched alkanes of at least 4 members (excludes halogenated alkanes) is 35. The second-order valence-electron chi connectivity index (χ2n) is 27.2. The van der Waals surface area contributed by atoms with E-state index >= 15 is 0 Å². The van der Waals surface area contributed by atoms with E-state index in [4.69, 9.17) is 28.4 Å². The molecule has 0 aromatic heterocycles. The predicted octanol–water partition coefficient (Wildman–Crippen LogP) is 7.85. The molecule has 0 aliphatic carbocycles. The van der Waals surface area contributed by atoms with Gasteiger partial charge in [-0.15, -0.1) is 0 Å². The van der Waals surface area contributed by atoms with E-state index in [1.807, 2.05) is 0 Å². The number of carboxylic acid groups (broad SMARTS) is 1. The lowest BCUT2D eigenvalue weighted by Gasteiger charge is -2.50. The first-order valence-corrected chi connectivity index (χ1v) is 37.0. The van der Waals surface area contributed by atoms with Gasteiger partial charge in [0.2, 0.25) is 11.8 Å². The van der Waals surface area contributed by atoms with Crippen LogP contribution in [0.3, 0.4) is 0 Å². The third-order valence-corrected chi connectivity index (χ3v) is 19.0. The van der Waals surface area contributed by atoms with Crippen LogP contribution in [0.5, 0.6) is 0 Å². The molecular formula is C71H132N2O21. The average Bonchev–Trinajstić information content (AvgIpc) is 0.762. The molecule has 3 aliphatic rings. The number of ether oxygens (including phenoxy) is 6. The maximum atomic E-state index is 13.5. The van der Waals surface area contributed by atoms with Crippen molar-refractivity contribution in [1.82, 2.24) is 10.6 Å². The highest BCUT2D eigenvalue weighted by molar-refractivity contribution is 5.77. The number of carboxylic acids is 1. The molecule has 552 valence electrons. The zero-order valence-electron chi connectivity index (χ0n) is 57.8. The zero-order chi connectivity index (χ0) is 68.9. The molecule has 0 bridgehead atoms. The summed E-state index contributed by atoms with van der Waals surface area (Å²) in [6.07, 6.45) is 22.0. The largest absolute Gasteiger partial charge is 0.477 e. The predicted molar refractivity (Wildman–Crippen MR) is 357 cm³/mol. The van der Waals surface area contributed by atoms with E-state index in [0.29, 0.717) is 19.3 Å². The van der Waals surface area contributed by atoms with Crippen LogP contribution in [0.25, 0.3) is 0 Å². The molecule has 0 aromatic carbocycles. The van der Waals surface area contributed by atoms with Gasteiger partial charge in [0.1, 0.15) is 67.1 Å². The number of allylic oxidation sites excluding steroid dienone is 2. The molecule has 3 aliphatic heterocycles. The molecule has 3 fully saturated rings. The maximum Gasteiger partial charge on any atom is 0.364 e. The number of aliphatic hydroxyl groups excluding tert-OH is 11. The molecule has 0 radical (unpaired) electrons. The van der Waals surface area contributed by atoms with E-state index in [2.05, 4.69) is 36.6 Å². The summed E-state index contributed by atoms with van der Waals surface area (Å²) in [4.78, 5) is 38.6. The van der Waals surface area contributed by atoms with Crippen LogP contribution in [-0.2, 0) is 42.8 Å². The van der Waals surface area contributed by atoms with E-state index in [1.165, 1.54) is 167 Å². The SMILES string of the molecule is CCCCCCCCCCC/C=C\CCCCCCCC(=O)NC(COC1OC(CO)C(OC2OC(CO)C(O)C(OC3(C(=O)O)CC(O)C(NC(C)=O)C(C(O)C(O)CO)O3)C2O)C(O)C1O)C(O)CCCCCCCCCCCCCCCCCCCCCCCC. The Balaban J connectivity index is 1.57. The summed E-state index contributed by atoms with van der Waals surface area (Å²) in [7, 11) is 0. The molecule has 14 N–H and O–H groups in total. The maximum absolute atomic E-state index is 13.5. The fourth-order valence-electron chi connectivity index (χ4n) is 13.1. The van der Waals surface area contributed by atoms with Crippen molar-refractivity contribution in [2.75, 3.05) is 26.4 Å². The Labute approximate surface area is 562 Å². The van der Waals surface area contributed by atoms with Gasteiger partial charge in [-0.3, -0.25) is 9.59 Å². The second-order valence-corrected chi connectivity index (χ2v) is 27.2. The van der Waals surface area contributed by atoms with Crippen molar-refractivity contribution in [3.8, 4) is 0 Å². The van der Waals surface area contributed by atoms with Crippen LogP contribution in [0.1, 0.15) is 284 Å². The Hall–Kier alpha value is -2.53. The molecule has 18 atom stereocenters. The average molecular weight is 1350 g/mol. The second kappa shape index (κ2) is 51.6. The quantitative estimate of drug-likeness (QED) is 0.0203.